The number of nitrogens with one attached hydrogen (secondary N) is 1. The van der Waals surface area contributed by atoms with Crippen LogP contribution in [-0.2, 0) is 0 Å². The van der Waals surface area contributed by atoms with Crippen LogP contribution >= 0.6 is 27.3 Å². The van der Waals surface area contributed by atoms with Crippen molar-refractivity contribution in [1.29, 1.82) is 0 Å². The first-order valence-electron chi connectivity index (χ1n) is 5.85. The number of hydrogen-bond donors (Lipinski definition) is 2. The number of carbonyl (C=O) groups excluding carboxylic acids is 1. The lowest BCUT2D eigenvalue weighted by molar-refractivity contribution is 0.102. The molecule has 100 valence electrons. The van der Waals surface area contributed by atoms with Crippen molar-refractivity contribution in [3.63, 3.8) is 0 Å². The molecule has 0 aliphatic rings. The van der Waals surface area contributed by atoms with Crippen LogP contribution in [0.2, 0.25) is 0 Å². The van der Waals surface area contributed by atoms with Crippen molar-refractivity contribution >= 4 is 54.2 Å². The molecule has 3 rings (SSSR count). The van der Waals surface area contributed by atoms with Gasteiger partial charge in [0.25, 0.3) is 5.91 Å². The number of thiazole rings is 1. The molecule has 0 saturated heterocycles. The van der Waals surface area contributed by atoms with Crippen molar-refractivity contribution in [1.82, 2.24) is 4.98 Å². The van der Waals surface area contributed by atoms with E-state index in [1.54, 1.807) is 18.2 Å². The summed E-state index contributed by atoms with van der Waals surface area (Å²) in [4.78, 5) is 16.4. The molecule has 0 aliphatic heterocycles. The minimum Gasteiger partial charge on any atom is -0.375 e. The lowest BCUT2D eigenvalue weighted by Crippen LogP contribution is -2.11. The highest BCUT2D eigenvalue weighted by atomic mass is 79.9. The quantitative estimate of drug-likeness (QED) is 0.738. The van der Waals surface area contributed by atoms with Crippen molar-refractivity contribution < 1.29 is 4.79 Å². The zero-order chi connectivity index (χ0) is 14.1. The van der Waals surface area contributed by atoms with Gasteiger partial charge in [-0.1, -0.05) is 23.5 Å². The lowest BCUT2D eigenvalue weighted by Gasteiger charge is -2.07. The standard InChI is InChI=1S/C14H10BrN3OS/c15-9-3-1-2-4-10(9)17-13(19)8-5-6-11-12(7-8)20-14(16)18-11/h1-7H,(H2,16,18)(H,17,19). The summed E-state index contributed by atoms with van der Waals surface area (Å²) < 4.78 is 1.75. The predicted molar refractivity (Wildman–Crippen MR) is 86.1 cm³/mol. The second-order valence-electron chi connectivity index (χ2n) is 4.17. The summed E-state index contributed by atoms with van der Waals surface area (Å²) in [5.74, 6) is -0.161. The Labute approximate surface area is 127 Å². The van der Waals surface area contributed by atoms with Crippen molar-refractivity contribution in [2.24, 2.45) is 0 Å². The number of nitrogens with zero attached hydrogens (tertiary/aromatic N) is 1. The Kier molecular flexibility index (Phi) is 3.42. The van der Waals surface area contributed by atoms with Crippen molar-refractivity contribution in [3.05, 3.63) is 52.5 Å². The van der Waals surface area contributed by atoms with Crippen LogP contribution in [-0.4, -0.2) is 10.9 Å². The highest BCUT2D eigenvalue weighted by Gasteiger charge is 2.10. The normalized spacial score (nSPS) is 10.7. The van der Waals surface area contributed by atoms with E-state index in [2.05, 4.69) is 26.2 Å². The van der Waals surface area contributed by atoms with E-state index >= 15 is 0 Å². The fraction of sp³-hybridized carbons (Fsp3) is 0. The summed E-state index contributed by atoms with van der Waals surface area (Å²) in [5, 5.41) is 3.37. The Morgan fingerprint density at radius 2 is 2.05 bits per heavy atom. The molecule has 20 heavy (non-hydrogen) atoms. The zero-order valence-corrected chi connectivity index (χ0v) is 12.7. The van der Waals surface area contributed by atoms with Crippen LogP contribution in [0.15, 0.2) is 46.9 Å². The molecule has 0 bridgehead atoms. The van der Waals surface area contributed by atoms with Gasteiger partial charge in [0.15, 0.2) is 5.13 Å². The number of amides is 1. The number of anilines is 2. The van der Waals surface area contributed by atoms with Gasteiger partial charge < -0.3 is 11.1 Å². The first-order chi connectivity index (χ1) is 9.63. The summed E-state index contributed by atoms with van der Waals surface area (Å²) in [6, 6.07) is 12.8. The molecule has 6 heteroatoms. The second kappa shape index (κ2) is 5.22. The molecule has 4 nitrogen and oxygen atoms in total. The summed E-state index contributed by atoms with van der Waals surface area (Å²) in [5.41, 5.74) is 7.79. The maximum atomic E-state index is 12.2. The third kappa shape index (κ3) is 2.52. The molecular weight excluding hydrogens is 338 g/mol. The SMILES string of the molecule is Nc1nc2ccc(C(=O)Nc3ccccc3Br)cc2s1. The summed E-state index contributed by atoms with van der Waals surface area (Å²) >= 11 is 4.77. The van der Waals surface area contributed by atoms with Gasteiger partial charge in [-0.3, -0.25) is 4.79 Å². The average Bonchev–Trinajstić information content (AvgIpc) is 2.80. The van der Waals surface area contributed by atoms with Crippen molar-refractivity contribution in [3.8, 4) is 0 Å². The van der Waals surface area contributed by atoms with Crippen LogP contribution in [0, 0.1) is 0 Å². The number of nitrogen functional groups attached to an aromatic ring is 1. The Hall–Kier alpha value is -1.92. The largest absolute Gasteiger partial charge is 0.375 e. The molecule has 0 saturated carbocycles. The smallest absolute Gasteiger partial charge is 0.255 e. The van der Waals surface area contributed by atoms with Crippen molar-refractivity contribution in [2.45, 2.75) is 0 Å². The maximum Gasteiger partial charge on any atom is 0.255 e. The summed E-state index contributed by atoms with van der Waals surface area (Å²) in [6.45, 7) is 0. The first kappa shape index (κ1) is 13.1. The molecule has 1 heterocycles. The van der Waals surface area contributed by atoms with E-state index in [0.717, 1.165) is 20.4 Å². The van der Waals surface area contributed by atoms with E-state index in [1.807, 2.05) is 24.3 Å². The second-order valence-corrected chi connectivity index (χ2v) is 6.09. The number of carbonyl (C=O) groups is 1. The number of benzene rings is 2. The molecular formula is C14H10BrN3OS. The molecule has 1 amide bonds. The van der Waals surface area contributed by atoms with Gasteiger partial charge >= 0.3 is 0 Å². The van der Waals surface area contributed by atoms with Gasteiger partial charge in [-0.25, -0.2) is 4.98 Å². The molecule has 0 spiro atoms. The van der Waals surface area contributed by atoms with Gasteiger partial charge in [0.1, 0.15) is 0 Å². The molecule has 3 N–H and O–H groups in total. The highest BCUT2D eigenvalue weighted by Crippen LogP contribution is 2.26. The molecule has 3 aromatic rings. The number of nitrogens with two attached hydrogens (primary N) is 1. The van der Waals surface area contributed by atoms with Crippen LogP contribution in [0.1, 0.15) is 10.4 Å². The van der Waals surface area contributed by atoms with Gasteiger partial charge in [0.2, 0.25) is 0 Å². The molecule has 0 aliphatic carbocycles. The lowest BCUT2D eigenvalue weighted by atomic mass is 10.2. The van der Waals surface area contributed by atoms with Crippen LogP contribution in [0.4, 0.5) is 10.8 Å². The molecule has 2 aromatic carbocycles. The van der Waals surface area contributed by atoms with E-state index in [0.29, 0.717) is 10.7 Å². The van der Waals surface area contributed by atoms with Crippen LogP contribution in [0.3, 0.4) is 0 Å². The van der Waals surface area contributed by atoms with E-state index in [4.69, 9.17) is 5.73 Å². The zero-order valence-electron chi connectivity index (χ0n) is 10.3. The molecule has 1 aromatic heterocycles. The van der Waals surface area contributed by atoms with Gasteiger partial charge in [0, 0.05) is 10.0 Å². The topological polar surface area (TPSA) is 68.0 Å². The summed E-state index contributed by atoms with van der Waals surface area (Å²) in [7, 11) is 0. The third-order valence-electron chi connectivity index (χ3n) is 2.79. The third-order valence-corrected chi connectivity index (χ3v) is 4.33. The van der Waals surface area contributed by atoms with Gasteiger partial charge in [-0.05, 0) is 46.3 Å². The Morgan fingerprint density at radius 3 is 2.85 bits per heavy atom. The van der Waals surface area contributed by atoms with E-state index in [-0.39, 0.29) is 5.91 Å². The molecule has 0 atom stereocenters. The number of aromatic nitrogens is 1. The molecule has 0 unspecified atom stereocenters. The van der Waals surface area contributed by atoms with E-state index in [1.165, 1.54) is 11.3 Å². The fourth-order valence-corrected chi connectivity index (χ4v) is 3.00. The number of rotatable bonds is 2. The minimum absolute atomic E-state index is 0.161. The van der Waals surface area contributed by atoms with E-state index < -0.39 is 0 Å². The number of fused-ring (bicyclic) bond motifs is 1. The average molecular weight is 348 g/mol. The van der Waals surface area contributed by atoms with Gasteiger partial charge in [-0.2, -0.15) is 0 Å². The Morgan fingerprint density at radius 1 is 1.25 bits per heavy atom. The first-order valence-corrected chi connectivity index (χ1v) is 7.46. The monoisotopic (exact) mass is 347 g/mol. The highest BCUT2D eigenvalue weighted by molar-refractivity contribution is 9.10. The molecule has 0 radical (unpaired) electrons. The number of halogens is 1. The Balaban J connectivity index is 1.90. The van der Waals surface area contributed by atoms with Gasteiger partial charge in [0.05, 0.1) is 15.9 Å². The van der Waals surface area contributed by atoms with Crippen LogP contribution in [0.5, 0.6) is 0 Å². The maximum absolute atomic E-state index is 12.2. The number of hydrogen-bond acceptors (Lipinski definition) is 4. The summed E-state index contributed by atoms with van der Waals surface area (Å²) in [6.07, 6.45) is 0. The van der Waals surface area contributed by atoms with Crippen LogP contribution < -0.4 is 11.1 Å². The predicted octanol–water partition coefficient (Wildman–Crippen LogP) is 3.89. The molecule has 0 fully saturated rings. The number of para-hydroxylation sites is 1. The fourth-order valence-electron chi connectivity index (χ4n) is 1.84. The van der Waals surface area contributed by atoms with Crippen LogP contribution in [0.25, 0.3) is 10.2 Å². The minimum atomic E-state index is -0.161. The van der Waals surface area contributed by atoms with Gasteiger partial charge in [-0.15, -0.1) is 0 Å². The van der Waals surface area contributed by atoms with E-state index in [9.17, 15) is 4.79 Å². The Bertz CT molecular complexity index is 800. The van der Waals surface area contributed by atoms with Crippen molar-refractivity contribution in [2.75, 3.05) is 11.1 Å².